The first-order valence-electron chi connectivity index (χ1n) is 3.34. The molecule has 0 saturated carbocycles. The maximum absolute atomic E-state index is 5.17. The van der Waals surface area contributed by atoms with Crippen LogP contribution < -0.4 is 10.5 Å². The van der Waals surface area contributed by atoms with Crippen LogP contribution in [0, 0.1) is 0 Å². The van der Waals surface area contributed by atoms with Crippen LogP contribution in [-0.4, -0.2) is 11.6 Å². The Balaban J connectivity index is 2.39. The van der Waals surface area contributed by atoms with Crippen LogP contribution in [0.2, 0.25) is 0 Å². The molecule has 3 nitrogen and oxygen atoms in total. The standard InChI is InChI=1S/C8H10N2O/c9-5-3-7-11-8-4-1-2-6-10-8/h1-6H,7,9H2. The number of hydrogen-bond acceptors (Lipinski definition) is 3. The molecule has 0 unspecified atom stereocenters. The topological polar surface area (TPSA) is 48.1 Å². The van der Waals surface area contributed by atoms with Gasteiger partial charge in [-0.05, 0) is 18.3 Å². The van der Waals surface area contributed by atoms with Crippen molar-refractivity contribution in [2.45, 2.75) is 0 Å². The van der Waals surface area contributed by atoms with E-state index in [-0.39, 0.29) is 0 Å². The molecule has 0 aliphatic heterocycles. The van der Waals surface area contributed by atoms with Gasteiger partial charge in [0.05, 0.1) is 0 Å². The highest BCUT2D eigenvalue weighted by atomic mass is 16.5. The summed E-state index contributed by atoms with van der Waals surface area (Å²) in [6.07, 6.45) is 4.85. The first kappa shape index (κ1) is 7.60. The van der Waals surface area contributed by atoms with Crippen molar-refractivity contribution < 1.29 is 4.74 Å². The van der Waals surface area contributed by atoms with Crippen molar-refractivity contribution in [1.29, 1.82) is 0 Å². The van der Waals surface area contributed by atoms with Gasteiger partial charge in [-0.1, -0.05) is 6.07 Å². The molecule has 0 aliphatic carbocycles. The molecule has 1 rings (SSSR count). The Bertz CT molecular complexity index is 221. The molecule has 11 heavy (non-hydrogen) atoms. The molecule has 0 saturated heterocycles. The second-order valence-electron chi connectivity index (χ2n) is 1.91. The fraction of sp³-hybridized carbons (Fsp3) is 0.125. The minimum atomic E-state index is 0.466. The van der Waals surface area contributed by atoms with Crippen LogP contribution in [0.4, 0.5) is 0 Å². The predicted molar refractivity (Wildman–Crippen MR) is 43.1 cm³/mol. The molecule has 0 bridgehead atoms. The van der Waals surface area contributed by atoms with Crippen molar-refractivity contribution in [2.75, 3.05) is 6.61 Å². The molecule has 1 aromatic heterocycles. The lowest BCUT2D eigenvalue weighted by molar-refractivity contribution is 0.348. The molecule has 0 spiro atoms. The van der Waals surface area contributed by atoms with E-state index in [4.69, 9.17) is 10.5 Å². The van der Waals surface area contributed by atoms with Crippen LogP contribution in [0.25, 0.3) is 0 Å². The van der Waals surface area contributed by atoms with Crippen LogP contribution in [0.15, 0.2) is 36.7 Å². The van der Waals surface area contributed by atoms with Crippen molar-refractivity contribution in [3.05, 3.63) is 36.7 Å². The van der Waals surface area contributed by atoms with E-state index in [1.807, 2.05) is 12.1 Å². The summed E-state index contributed by atoms with van der Waals surface area (Å²) in [5.74, 6) is 0.616. The third-order valence-corrected chi connectivity index (χ3v) is 1.10. The number of aromatic nitrogens is 1. The molecule has 3 heteroatoms. The van der Waals surface area contributed by atoms with Crippen LogP contribution in [0.1, 0.15) is 0 Å². The highest BCUT2D eigenvalue weighted by Gasteiger charge is 1.87. The Morgan fingerprint density at radius 3 is 3.09 bits per heavy atom. The van der Waals surface area contributed by atoms with Gasteiger partial charge in [-0.3, -0.25) is 0 Å². The molecule has 1 aromatic rings. The number of hydrogen-bond donors (Lipinski definition) is 1. The van der Waals surface area contributed by atoms with Crippen LogP contribution >= 0.6 is 0 Å². The van der Waals surface area contributed by atoms with E-state index in [0.717, 1.165) is 0 Å². The van der Waals surface area contributed by atoms with Crippen LogP contribution in [-0.2, 0) is 0 Å². The smallest absolute Gasteiger partial charge is 0.213 e. The van der Waals surface area contributed by atoms with E-state index in [0.29, 0.717) is 12.5 Å². The summed E-state index contributed by atoms with van der Waals surface area (Å²) in [5, 5.41) is 0. The van der Waals surface area contributed by atoms with Crippen LogP contribution in [0.5, 0.6) is 5.88 Å². The van der Waals surface area contributed by atoms with Crippen molar-refractivity contribution in [2.24, 2.45) is 5.73 Å². The average molecular weight is 150 g/mol. The lowest BCUT2D eigenvalue weighted by atomic mass is 10.5. The Labute approximate surface area is 65.5 Å². The SMILES string of the molecule is NC=CCOc1ccccn1. The quantitative estimate of drug-likeness (QED) is 0.697. The van der Waals surface area contributed by atoms with Crippen molar-refractivity contribution >= 4 is 0 Å². The lowest BCUT2D eigenvalue weighted by Crippen LogP contribution is -1.95. The Kier molecular flexibility index (Phi) is 2.99. The second kappa shape index (κ2) is 4.33. The number of nitrogens with two attached hydrogens (primary N) is 1. The molecule has 0 amide bonds. The van der Waals surface area contributed by atoms with Crippen molar-refractivity contribution in [3.8, 4) is 5.88 Å². The third-order valence-electron chi connectivity index (χ3n) is 1.10. The van der Waals surface area contributed by atoms with Gasteiger partial charge in [0.2, 0.25) is 5.88 Å². The second-order valence-corrected chi connectivity index (χ2v) is 1.91. The molecule has 2 N–H and O–H groups in total. The number of pyridine rings is 1. The normalized spacial score (nSPS) is 10.2. The summed E-state index contributed by atoms with van der Waals surface area (Å²) in [7, 11) is 0. The van der Waals surface area contributed by atoms with E-state index in [1.165, 1.54) is 6.20 Å². The molecule has 0 aliphatic rings. The van der Waals surface area contributed by atoms with Crippen LogP contribution in [0.3, 0.4) is 0 Å². The van der Waals surface area contributed by atoms with E-state index >= 15 is 0 Å². The van der Waals surface area contributed by atoms with Gasteiger partial charge in [0.1, 0.15) is 6.61 Å². The summed E-state index contributed by atoms with van der Waals surface area (Å²) < 4.78 is 5.17. The third kappa shape index (κ3) is 2.71. The fourth-order valence-electron chi connectivity index (χ4n) is 0.622. The highest BCUT2D eigenvalue weighted by molar-refractivity contribution is 5.09. The summed E-state index contributed by atoms with van der Waals surface area (Å²) in [6.45, 7) is 0.466. The first-order chi connectivity index (χ1) is 5.43. The molecular weight excluding hydrogens is 140 g/mol. The molecule has 1 heterocycles. The maximum Gasteiger partial charge on any atom is 0.213 e. The van der Waals surface area contributed by atoms with Crippen molar-refractivity contribution in [3.63, 3.8) is 0 Å². The Hall–Kier alpha value is -1.51. The van der Waals surface area contributed by atoms with Gasteiger partial charge >= 0.3 is 0 Å². The maximum atomic E-state index is 5.17. The van der Waals surface area contributed by atoms with Crippen molar-refractivity contribution in [1.82, 2.24) is 4.98 Å². The van der Waals surface area contributed by atoms with Gasteiger partial charge in [0.25, 0.3) is 0 Å². The average Bonchev–Trinajstić information content (AvgIpc) is 2.07. The largest absolute Gasteiger partial charge is 0.473 e. The molecule has 0 fully saturated rings. The van der Waals surface area contributed by atoms with Gasteiger partial charge in [-0.15, -0.1) is 0 Å². The molecule has 0 atom stereocenters. The van der Waals surface area contributed by atoms with Gasteiger partial charge in [0, 0.05) is 12.3 Å². The van der Waals surface area contributed by atoms with E-state index in [1.54, 1.807) is 18.3 Å². The number of ether oxygens (including phenoxy) is 1. The number of nitrogens with zero attached hydrogens (tertiary/aromatic N) is 1. The summed E-state index contributed by atoms with van der Waals surface area (Å²) in [5.41, 5.74) is 5.11. The van der Waals surface area contributed by atoms with Gasteiger partial charge < -0.3 is 10.5 Å². The summed E-state index contributed by atoms with van der Waals surface area (Å²) >= 11 is 0. The summed E-state index contributed by atoms with van der Waals surface area (Å²) in [6, 6.07) is 5.50. The van der Waals surface area contributed by atoms with Gasteiger partial charge in [0.15, 0.2) is 0 Å². The molecular formula is C8H10N2O. The molecule has 0 radical (unpaired) electrons. The van der Waals surface area contributed by atoms with Gasteiger partial charge in [-0.2, -0.15) is 0 Å². The molecule has 0 aromatic carbocycles. The lowest BCUT2D eigenvalue weighted by Gasteiger charge is -1.98. The first-order valence-corrected chi connectivity index (χ1v) is 3.34. The highest BCUT2D eigenvalue weighted by Crippen LogP contribution is 2.01. The minimum Gasteiger partial charge on any atom is -0.473 e. The summed E-state index contributed by atoms with van der Waals surface area (Å²) in [4.78, 5) is 3.95. The number of rotatable bonds is 3. The van der Waals surface area contributed by atoms with Gasteiger partial charge in [-0.25, -0.2) is 4.98 Å². The monoisotopic (exact) mass is 150 g/mol. The zero-order valence-electron chi connectivity index (χ0n) is 6.10. The minimum absolute atomic E-state index is 0.466. The fourth-order valence-corrected chi connectivity index (χ4v) is 0.622. The zero-order chi connectivity index (χ0) is 7.94. The zero-order valence-corrected chi connectivity index (χ0v) is 6.10. The molecule has 58 valence electrons. The Morgan fingerprint density at radius 2 is 2.45 bits per heavy atom. The van der Waals surface area contributed by atoms with E-state index in [9.17, 15) is 0 Å². The predicted octanol–water partition coefficient (Wildman–Crippen LogP) is 0.933. The van der Waals surface area contributed by atoms with E-state index in [2.05, 4.69) is 4.98 Å². The van der Waals surface area contributed by atoms with E-state index < -0.39 is 0 Å². The Morgan fingerprint density at radius 1 is 1.55 bits per heavy atom.